The molecule has 4 nitrogen and oxygen atoms in total. The largest absolute Gasteiger partial charge is 0.376 e. The Morgan fingerprint density at radius 3 is 2.53 bits per heavy atom. The van der Waals surface area contributed by atoms with E-state index in [0.29, 0.717) is 6.42 Å². The lowest BCUT2D eigenvalue weighted by Gasteiger charge is -2.05. The van der Waals surface area contributed by atoms with Crippen molar-refractivity contribution in [1.82, 2.24) is 0 Å². The van der Waals surface area contributed by atoms with Crippen molar-refractivity contribution in [3.63, 3.8) is 0 Å². The Hall–Kier alpha value is -1.64. The lowest BCUT2D eigenvalue weighted by molar-refractivity contribution is -0.108. The van der Waals surface area contributed by atoms with Crippen molar-refractivity contribution < 1.29 is 4.79 Å². The SMILES string of the molecule is N#CB(N)c1ccc(CC(N)C=O)cc1. The van der Waals surface area contributed by atoms with E-state index in [2.05, 4.69) is 0 Å². The van der Waals surface area contributed by atoms with Gasteiger partial charge in [0.05, 0.1) is 6.04 Å². The van der Waals surface area contributed by atoms with Crippen molar-refractivity contribution in [2.24, 2.45) is 11.4 Å². The first-order valence-electron chi connectivity index (χ1n) is 4.62. The van der Waals surface area contributed by atoms with Crippen molar-refractivity contribution in [3.8, 4) is 5.97 Å². The van der Waals surface area contributed by atoms with Crippen LogP contribution in [0.15, 0.2) is 24.3 Å². The van der Waals surface area contributed by atoms with Crippen LogP contribution in [0.1, 0.15) is 5.56 Å². The molecule has 0 aliphatic rings. The van der Waals surface area contributed by atoms with Gasteiger partial charge in [-0.25, -0.2) is 5.26 Å². The molecule has 1 atom stereocenters. The zero-order valence-electron chi connectivity index (χ0n) is 8.26. The van der Waals surface area contributed by atoms with Crippen LogP contribution in [0.5, 0.6) is 0 Å². The van der Waals surface area contributed by atoms with Gasteiger partial charge in [0.25, 0.3) is 0 Å². The lowest BCUT2D eigenvalue weighted by Crippen LogP contribution is -2.38. The number of hydrogen-bond acceptors (Lipinski definition) is 4. The van der Waals surface area contributed by atoms with Gasteiger partial charge in [0.2, 0.25) is 0 Å². The van der Waals surface area contributed by atoms with Gasteiger partial charge in [-0.2, -0.15) is 0 Å². The third-order valence-corrected chi connectivity index (χ3v) is 2.12. The third-order valence-electron chi connectivity index (χ3n) is 2.12. The molecular weight excluding hydrogens is 189 g/mol. The van der Waals surface area contributed by atoms with Gasteiger partial charge in [0.15, 0.2) is 0 Å². The molecule has 0 amide bonds. The molecule has 76 valence electrons. The summed E-state index contributed by atoms with van der Waals surface area (Å²) in [5.41, 5.74) is 12.7. The van der Waals surface area contributed by atoms with Crippen molar-refractivity contribution in [3.05, 3.63) is 29.8 Å². The highest BCUT2D eigenvalue weighted by Gasteiger charge is 2.10. The summed E-state index contributed by atoms with van der Waals surface area (Å²) in [5, 5.41) is 8.60. The summed E-state index contributed by atoms with van der Waals surface area (Å²) in [5.74, 6) is 1.95. The fourth-order valence-corrected chi connectivity index (χ4v) is 1.26. The van der Waals surface area contributed by atoms with Gasteiger partial charge in [-0.05, 0) is 17.4 Å². The quantitative estimate of drug-likeness (QED) is 0.481. The topological polar surface area (TPSA) is 92.9 Å². The fourth-order valence-electron chi connectivity index (χ4n) is 1.26. The minimum Gasteiger partial charge on any atom is -0.353 e. The maximum atomic E-state index is 10.3. The van der Waals surface area contributed by atoms with E-state index in [0.717, 1.165) is 17.3 Å². The molecule has 0 aliphatic carbocycles. The summed E-state index contributed by atoms with van der Waals surface area (Å²) >= 11 is 0. The monoisotopic (exact) mass is 201 g/mol. The van der Waals surface area contributed by atoms with Crippen molar-refractivity contribution in [1.29, 1.82) is 5.26 Å². The number of nitrogens with two attached hydrogens (primary N) is 2. The lowest BCUT2D eigenvalue weighted by atomic mass is 9.59. The Bertz CT molecular complexity index is 371. The number of rotatable bonds is 4. The predicted octanol–water partition coefficient (Wildman–Crippen LogP) is -1.02. The molecule has 0 aromatic heterocycles. The number of aldehydes is 1. The summed E-state index contributed by atoms with van der Waals surface area (Å²) in [4.78, 5) is 10.3. The zero-order chi connectivity index (χ0) is 11.3. The van der Waals surface area contributed by atoms with E-state index >= 15 is 0 Å². The smallest absolute Gasteiger partial charge is 0.353 e. The van der Waals surface area contributed by atoms with Gasteiger partial charge in [-0.3, -0.25) is 0 Å². The summed E-state index contributed by atoms with van der Waals surface area (Å²) in [6, 6.07) is 6.74. The molecule has 1 rings (SSSR count). The van der Waals surface area contributed by atoms with Crippen molar-refractivity contribution in [2.75, 3.05) is 0 Å². The number of benzene rings is 1. The highest BCUT2D eigenvalue weighted by atomic mass is 16.1. The standard InChI is InChI=1S/C10H12BN3O/c12-7-11(14)9-3-1-8(2-4-9)5-10(13)6-15/h1-4,6,10H,5,13-14H2. The van der Waals surface area contributed by atoms with Crippen LogP contribution in [0.4, 0.5) is 0 Å². The normalized spacial score (nSPS) is 11.5. The van der Waals surface area contributed by atoms with Crippen LogP contribution in [0.25, 0.3) is 0 Å². The molecule has 0 aliphatic heterocycles. The van der Waals surface area contributed by atoms with Crippen LogP contribution in [0.2, 0.25) is 0 Å². The molecule has 0 heterocycles. The zero-order valence-corrected chi connectivity index (χ0v) is 8.26. The third kappa shape index (κ3) is 3.20. The van der Waals surface area contributed by atoms with E-state index in [1.807, 2.05) is 18.1 Å². The Balaban J connectivity index is 2.73. The molecular formula is C10H12BN3O. The van der Waals surface area contributed by atoms with Crippen LogP contribution >= 0.6 is 0 Å². The Morgan fingerprint density at radius 1 is 1.47 bits per heavy atom. The molecule has 0 saturated carbocycles. The molecule has 0 radical (unpaired) electrons. The average Bonchev–Trinajstić information content (AvgIpc) is 2.29. The number of carbonyl (C=O) groups is 1. The van der Waals surface area contributed by atoms with Gasteiger partial charge >= 0.3 is 6.85 Å². The number of carbonyl (C=O) groups excluding carboxylic acids is 1. The van der Waals surface area contributed by atoms with Crippen LogP contribution in [0, 0.1) is 11.2 Å². The summed E-state index contributed by atoms with van der Waals surface area (Å²) in [6.07, 6.45) is 1.22. The van der Waals surface area contributed by atoms with Gasteiger partial charge in [-0.15, -0.1) is 0 Å². The van der Waals surface area contributed by atoms with Crippen molar-refractivity contribution in [2.45, 2.75) is 12.5 Å². The second kappa shape index (κ2) is 5.30. The van der Waals surface area contributed by atoms with Gasteiger partial charge in [0.1, 0.15) is 6.29 Å². The second-order valence-corrected chi connectivity index (χ2v) is 3.35. The average molecular weight is 201 g/mol. The van der Waals surface area contributed by atoms with E-state index in [1.165, 1.54) is 0 Å². The molecule has 0 saturated heterocycles. The van der Waals surface area contributed by atoms with E-state index in [4.69, 9.17) is 16.6 Å². The summed E-state index contributed by atoms with van der Waals surface area (Å²) in [6.45, 7) is -0.598. The van der Waals surface area contributed by atoms with E-state index in [1.54, 1.807) is 12.1 Å². The Kier molecular flexibility index (Phi) is 4.04. The molecule has 1 aromatic carbocycles. The van der Waals surface area contributed by atoms with E-state index in [-0.39, 0.29) is 0 Å². The highest BCUT2D eigenvalue weighted by molar-refractivity contribution is 6.77. The van der Waals surface area contributed by atoms with Crippen LogP contribution in [-0.2, 0) is 11.2 Å². The highest BCUT2D eigenvalue weighted by Crippen LogP contribution is 1.99. The molecule has 0 fully saturated rings. The first kappa shape index (κ1) is 11.4. The molecule has 5 heteroatoms. The molecule has 0 spiro atoms. The predicted molar refractivity (Wildman–Crippen MR) is 59.4 cm³/mol. The summed E-state index contributed by atoms with van der Waals surface area (Å²) in [7, 11) is 0. The van der Waals surface area contributed by atoms with Crippen molar-refractivity contribution >= 4 is 18.6 Å². The van der Waals surface area contributed by atoms with Crippen LogP contribution in [-0.4, -0.2) is 19.2 Å². The second-order valence-electron chi connectivity index (χ2n) is 3.35. The van der Waals surface area contributed by atoms with Gasteiger partial charge in [0, 0.05) is 5.97 Å². The fraction of sp³-hybridized carbons (Fsp3) is 0.200. The Morgan fingerprint density at radius 2 is 2.07 bits per heavy atom. The van der Waals surface area contributed by atoms with E-state index in [9.17, 15) is 4.79 Å². The Labute approximate surface area is 89.0 Å². The molecule has 4 N–H and O–H groups in total. The van der Waals surface area contributed by atoms with Crippen LogP contribution < -0.4 is 16.8 Å². The molecule has 1 unspecified atom stereocenters. The maximum Gasteiger partial charge on any atom is 0.376 e. The minimum atomic E-state index is -0.598. The maximum absolute atomic E-state index is 10.3. The molecule has 1 aromatic rings. The molecule has 0 bridgehead atoms. The first-order valence-corrected chi connectivity index (χ1v) is 4.62. The number of nitriles is 1. The first-order chi connectivity index (χ1) is 7.17. The molecule has 15 heavy (non-hydrogen) atoms. The minimum absolute atomic E-state index is 0.472. The number of hydrogen-bond donors (Lipinski definition) is 2. The summed E-state index contributed by atoms with van der Waals surface area (Å²) < 4.78 is 0. The van der Waals surface area contributed by atoms with Gasteiger partial charge in [-0.1, -0.05) is 24.3 Å². The van der Waals surface area contributed by atoms with Gasteiger partial charge < -0.3 is 16.2 Å². The van der Waals surface area contributed by atoms with E-state index < -0.39 is 12.9 Å². The van der Waals surface area contributed by atoms with Crippen LogP contribution in [0.3, 0.4) is 0 Å². The number of nitrogens with zero attached hydrogens (tertiary/aromatic N) is 1.